The van der Waals surface area contributed by atoms with Crippen LogP contribution in [0.1, 0.15) is 34.2 Å². The van der Waals surface area contributed by atoms with E-state index in [0.29, 0.717) is 5.56 Å². The summed E-state index contributed by atoms with van der Waals surface area (Å²) in [6, 6.07) is 10.2. The van der Waals surface area contributed by atoms with Gasteiger partial charge in [0.2, 0.25) is 0 Å². The Hall–Kier alpha value is -2.36. The molecule has 3 rings (SSSR count). The van der Waals surface area contributed by atoms with Gasteiger partial charge in [0.05, 0.1) is 0 Å². The third kappa shape index (κ3) is 1.85. The van der Waals surface area contributed by atoms with E-state index in [-0.39, 0.29) is 11.1 Å². The summed E-state index contributed by atoms with van der Waals surface area (Å²) in [4.78, 5) is 11.0. The number of aromatic amines is 1. The molecule has 19 heavy (non-hydrogen) atoms. The SMILES string of the molecule is CC1(c2ccccc2)C=Cc2c(C(=O)O)n[nH]c2C1. The van der Waals surface area contributed by atoms with Gasteiger partial charge in [-0.15, -0.1) is 0 Å². The molecule has 1 aromatic carbocycles. The summed E-state index contributed by atoms with van der Waals surface area (Å²) in [5, 5.41) is 15.8. The summed E-state index contributed by atoms with van der Waals surface area (Å²) in [5.74, 6) is -0.995. The monoisotopic (exact) mass is 254 g/mol. The standard InChI is InChI=1S/C15H14N2O2/c1-15(10-5-3-2-4-6-10)8-7-11-12(9-15)16-17-13(11)14(18)19/h2-8H,9H2,1H3,(H,16,17)(H,18,19). The molecule has 0 bridgehead atoms. The molecule has 1 heterocycles. The molecule has 0 spiro atoms. The molecule has 2 aromatic rings. The molecule has 2 N–H and O–H groups in total. The van der Waals surface area contributed by atoms with E-state index in [1.54, 1.807) is 0 Å². The van der Waals surface area contributed by atoms with Crippen LogP contribution in [-0.4, -0.2) is 21.3 Å². The van der Waals surface area contributed by atoms with E-state index < -0.39 is 5.97 Å². The summed E-state index contributed by atoms with van der Waals surface area (Å²) in [6.45, 7) is 2.14. The molecule has 0 radical (unpaired) electrons. The Kier molecular flexibility index (Phi) is 2.52. The highest BCUT2D eigenvalue weighted by Crippen LogP contribution is 2.35. The number of hydrogen-bond donors (Lipinski definition) is 2. The second-order valence-electron chi connectivity index (χ2n) is 5.06. The fraction of sp³-hybridized carbons (Fsp3) is 0.200. The number of carboxylic acids is 1. The van der Waals surface area contributed by atoms with Crippen molar-refractivity contribution in [1.82, 2.24) is 10.2 Å². The second-order valence-corrected chi connectivity index (χ2v) is 5.06. The highest BCUT2D eigenvalue weighted by atomic mass is 16.4. The van der Waals surface area contributed by atoms with Crippen LogP contribution in [0.4, 0.5) is 0 Å². The van der Waals surface area contributed by atoms with Crippen LogP contribution in [0.15, 0.2) is 36.4 Å². The van der Waals surface area contributed by atoms with Crippen molar-refractivity contribution in [2.75, 3.05) is 0 Å². The van der Waals surface area contributed by atoms with Gasteiger partial charge in [0.1, 0.15) is 0 Å². The Morgan fingerprint density at radius 3 is 2.79 bits per heavy atom. The maximum Gasteiger partial charge on any atom is 0.357 e. The number of nitrogens with one attached hydrogen (secondary N) is 1. The third-order valence-electron chi connectivity index (χ3n) is 3.68. The van der Waals surface area contributed by atoms with E-state index in [1.807, 2.05) is 24.3 Å². The molecule has 1 aliphatic rings. The largest absolute Gasteiger partial charge is 0.476 e. The summed E-state index contributed by atoms with van der Waals surface area (Å²) in [6.07, 6.45) is 4.65. The van der Waals surface area contributed by atoms with E-state index >= 15 is 0 Å². The van der Waals surface area contributed by atoms with E-state index in [9.17, 15) is 4.79 Å². The summed E-state index contributed by atoms with van der Waals surface area (Å²) >= 11 is 0. The number of hydrogen-bond acceptors (Lipinski definition) is 2. The molecule has 0 amide bonds. The molecule has 4 nitrogen and oxygen atoms in total. The van der Waals surface area contributed by atoms with E-state index in [0.717, 1.165) is 12.1 Å². The van der Waals surface area contributed by atoms with Crippen LogP contribution < -0.4 is 0 Å². The van der Waals surface area contributed by atoms with Crippen LogP contribution in [0, 0.1) is 0 Å². The maximum absolute atomic E-state index is 11.0. The summed E-state index contributed by atoms with van der Waals surface area (Å²) in [5.41, 5.74) is 2.76. The Morgan fingerprint density at radius 2 is 2.11 bits per heavy atom. The van der Waals surface area contributed by atoms with Gasteiger partial charge >= 0.3 is 5.97 Å². The van der Waals surface area contributed by atoms with Gasteiger partial charge in [-0.25, -0.2) is 4.79 Å². The number of benzene rings is 1. The first-order chi connectivity index (χ1) is 9.10. The highest BCUT2D eigenvalue weighted by Gasteiger charge is 2.31. The number of aromatic nitrogens is 2. The van der Waals surface area contributed by atoms with Crippen molar-refractivity contribution < 1.29 is 9.90 Å². The van der Waals surface area contributed by atoms with Crippen LogP contribution in [0.2, 0.25) is 0 Å². The van der Waals surface area contributed by atoms with Crippen molar-refractivity contribution in [1.29, 1.82) is 0 Å². The van der Waals surface area contributed by atoms with Crippen LogP contribution >= 0.6 is 0 Å². The van der Waals surface area contributed by atoms with E-state index in [2.05, 4.69) is 35.3 Å². The molecule has 4 heteroatoms. The third-order valence-corrected chi connectivity index (χ3v) is 3.68. The molecule has 96 valence electrons. The van der Waals surface area contributed by atoms with Gasteiger partial charge in [-0.3, -0.25) is 5.10 Å². The number of fused-ring (bicyclic) bond motifs is 1. The normalized spacial score (nSPS) is 21.1. The summed E-state index contributed by atoms with van der Waals surface area (Å²) in [7, 11) is 0. The van der Waals surface area contributed by atoms with Gasteiger partial charge in [-0.05, 0) is 5.56 Å². The fourth-order valence-electron chi connectivity index (χ4n) is 2.57. The molecular weight excluding hydrogens is 240 g/mol. The average Bonchev–Trinajstić information content (AvgIpc) is 2.82. The molecule has 0 aliphatic heterocycles. The summed E-state index contributed by atoms with van der Waals surface area (Å²) < 4.78 is 0. The zero-order chi connectivity index (χ0) is 13.5. The van der Waals surface area contributed by atoms with Gasteiger partial charge in [-0.2, -0.15) is 5.10 Å². The van der Waals surface area contributed by atoms with Gasteiger partial charge in [0.25, 0.3) is 0 Å². The lowest BCUT2D eigenvalue weighted by molar-refractivity contribution is 0.0690. The van der Waals surface area contributed by atoms with E-state index in [4.69, 9.17) is 5.11 Å². The van der Waals surface area contributed by atoms with E-state index in [1.165, 1.54) is 5.56 Å². The quantitative estimate of drug-likeness (QED) is 0.865. The minimum atomic E-state index is -0.995. The lowest BCUT2D eigenvalue weighted by atomic mass is 9.75. The number of aromatic carboxylic acids is 1. The number of carbonyl (C=O) groups is 1. The minimum Gasteiger partial charge on any atom is -0.476 e. The molecule has 1 atom stereocenters. The second kappa shape index (κ2) is 4.09. The predicted molar refractivity (Wildman–Crippen MR) is 72.1 cm³/mol. The Morgan fingerprint density at radius 1 is 1.37 bits per heavy atom. The lowest BCUT2D eigenvalue weighted by Gasteiger charge is -2.29. The molecular formula is C15H14N2O2. The number of carboxylic acid groups (broad SMARTS) is 1. The van der Waals surface area contributed by atoms with Crippen LogP contribution in [0.3, 0.4) is 0 Å². The van der Waals surface area contributed by atoms with Gasteiger partial charge in [0, 0.05) is 23.1 Å². The molecule has 1 unspecified atom stereocenters. The first-order valence-electron chi connectivity index (χ1n) is 6.15. The Labute approximate surface area is 110 Å². The van der Waals surface area contributed by atoms with Gasteiger partial charge < -0.3 is 5.11 Å². The number of allylic oxidation sites excluding steroid dienone is 1. The van der Waals surface area contributed by atoms with Crippen LogP contribution in [0.5, 0.6) is 0 Å². The Balaban J connectivity index is 2.03. The van der Waals surface area contributed by atoms with Crippen LogP contribution in [0.25, 0.3) is 6.08 Å². The van der Waals surface area contributed by atoms with Crippen molar-refractivity contribution in [2.45, 2.75) is 18.8 Å². The van der Waals surface area contributed by atoms with Crippen molar-refractivity contribution in [3.05, 3.63) is 58.9 Å². The molecule has 1 aromatic heterocycles. The number of rotatable bonds is 2. The number of nitrogens with zero attached hydrogens (tertiary/aromatic N) is 1. The smallest absolute Gasteiger partial charge is 0.357 e. The average molecular weight is 254 g/mol. The van der Waals surface area contributed by atoms with Crippen LogP contribution in [-0.2, 0) is 11.8 Å². The Bertz CT molecular complexity index is 658. The van der Waals surface area contributed by atoms with Gasteiger partial charge in [0.15, 0.2) is 5.69 Å². The van der Waals surface area contributed by atoms with Crippen molar-refractivity contribution in [3.8, 4) is 0 Å². The molecule has 0 fully saturated rings. The highest BCUT2D eigenvalue weighted by molar-refractivity contribution is 5.90. The van der Waals surface area contributed by atoms with Gasteiger partial charge in [-0.1, -0.05) is 49.4 Å². The minimum absolute atomic E-state index is 0.0985. The topological polar surface area (TPSA) is 66.0 Å². The predicted octanol–water partition coefficient (Wildman–Crippen LogP) is 2.64. The first-order valence-corrected chi connectivity index (χ1v) is 6.15. The zero-order valence-electron chi connectivity index (χ0n) is 10.6. The fourth-order valence-corrected chi connectivity index (χ4v) is 2.57. The van der Waals surface area contributed by atoms with Crippen molar-refractivity contribution in [2.24, 2.45) is 0 Å². The van der Waals surface area contributed by atoms with Crippen molar-refractivity contribution >= 4 is 12.0 Å². The molecule has 0 saturated heterocycles. The van der Waals surface area contributed by atoms with Crippen molar-refractivity contribution in [3.63, 3.8) is 0 Å². The molecule has 0 saturated carbocycles. The maximum atomic E-state index is 11.0. The first kappa shape index (κ1) is 11.7. The zero-order valence-corrected chi connectivity index (χ0v) is 10.6. The number of H-pyrrole nitrogens is 1. The molecule has 1 aliphatic carbocycles. The lowest BCUT2D eigenvalue weighted by Crippen LogP contribution is -2.25.